The molecule has 3 heteroatoms. The molecule has 1 unspecified atom stereocenters. The van der Waals surface area contributed by atoms with E-state index in [4.69, 9.17) is 4.42 Å². The van der Waals surface area contributed by atoms with Crippen molar-refractivity contribution in [1.29, 1.82) is 0 Å². The summed E-state index contributed by atoms with van der Waals surface area (Å²) in [6.07, 6.45) is 5.81. The molecule has 0 N–H and O–H groups in total. The van der Waals surface area contributed by atoms with E-state index in [1.807, 2.05) is 13.0 Å². The topological polar surface area (TPSA) is 29.3 Å². The molecule has 0 amide bonds. The van der Waals surface area contributed by atoms with Gasteiger partial charge in [0, 0.05) is 28.7 Å². The number of pyridine rings is 1. The van der Waals surface area contributed by atoms with Crippen molar-refractivity contribution in [3.05, 3.63) is 47.8 Å². The first-order chi connectivity index (χ1) is 12.0. The van der Waals surface area contributed by atoms with Crippen LogP contribution in [0.4, 0.5) is 5.69 Å². The minimum absolute atomic E-state index is 0.439. The van der Waals surface area contributed by atoms with Gasteiger partial charge in [-0.15, -0.1) is 0 Å². The molecule has 0 aliphatic carbocycles. The zero-order valence-corrected chi connectivity index (χ0v) is 15.7. The number of aromatic nitrogens is 1. The Labute approximate surface area is 149 Å². The third-order valence-electron chi connectivity index (χ3n) is 5.38. The fourth-order valence-corrected chi connectivity index (χ4v) is 4.02. The molecule has 0 fully saturated rings. The van der Waals surface area contributed by atoms with E-state index >= 15 is 0 Å². The standard InChI is InChI=1S/C22H26N2O/c1-13(2)12-17-10-11-24(16(17)5)20-14(3)6-8-18-19-9-7-15(4)23-22(19)25-21(18)20/h6-11,13,16-17H,12H2,1-5H3/t16-,17?/m0/s1. The summed E-state index contributed by atoms with van der Waals surface area (Å²) in [5.74, 6) is 1.28. The van der Waals surface area contributed by atoms with E-state index in [1.54, 1.807) is 0 Å². The Hall–Kier alpha value is -2.29. The van der Waals surface area contributed by atoms with Crippen molar-refractivity contribution in [2.75, 3.05) is 4.90 Å². The lowest BCUT2D eigenvalue weighted by molar-refractivity contribution is 0.436. The Kier molecular flexibility index (Phi) is 3.82. The van der Waals surface area contributed by atoms with Crippen LogP contribution in [0.1, 0.15) is 38.4 Å². The van der Waals surface area contributed by atoms with Crippen LogP contribution >= 0.6 is 0 Å². The van der Waals surface area contributed by atoms with E-state index in [-0.39, 0.29) is 0 Å². The summed E-state index contributed by atoms with van der Waals surface area (Å²) >= 11 is 0. The second kappa shape index (κ2) is 5.91. The van der Waals surface area contributed by atoms with Crippen LogP contribution < -0.4 is 4.90 Å². The van der Waals surface area contributed by atoms with Crippen molar-refractivity contribution in [1.82, 2.24) is 4.98 Å². The van der Waals surface area contributed by atoms with Gasteiger partial charge in [-0.05, 0) is 56.7 Å². The average Bonchev–Trinajstić information content (AvgIpc) is 3.08. The minimum Gasteiger partial charge on any atom is -0.435 e. The molecular weight excluding hydrogens is 308 g/mol. The maximum Gasteiger partial charge on any atom is 0.227 e. The number of fused-ring (bicyclic) bond motifs is 3. The first-order valence-electron chi connectivity index (χ1n) is 9.22. The molecule has 3 heterocycles. The monoisotopic (exact) mass is 334 g/mol. The minimum atomic E-state index is 0.439. The quantitative estimate of drug-likeness (QED) is 0.590. The number of hydrogen-bond donors (Lipinski definition) is 0. The summed E-state index contributed by atoms with van der Waals surface area (Å²) in [5, 5.41) is 2.24. The van der Waals surface area contributed by atoms with E-state index in [0.717, 1.165) is 27.8 Å². The van der Waals surface area contributed by atoms with E-state index in [9.17, 15) is 0 Å². The third-order valence-corrected chi connectivity index (χ3v) is 5.38. The predicted octanol–water partition coefficient (Wildman–Crippen LogP) is 5.98. The fraction of sp³-hybridized carbons (Fsp3) is 0.409. The highest BCUT2D eigenvalue weighted by atomic mass is 16.3. The van der Waals surface area contributed by atoms with Gasteiger partial charge in [0.2, 0.25) is 5.71 Å². The summed E-state index contributed by atoms with van der Waals surface area (Å²) in [5.41, 5.74) is 5.09. The van der Waals surface area contributed by atoms with Crippen LogP contribution in [0.2, 0.25) is 0 Å². The van der Waals surface area contributed by atoms with E-state index < -0.39 is 0 Å². The molecule has 4 rings (SSSR count). The lowest BCUT2D eigenvalue weighted by Crippen LogP contribution is -2.30. The van der Waals surface area contributed by atoms with Gasteiger partial charge in [0.25, 0.3) is 0 Å². The summed E-state index contributed by atoms with van der Waals surface area (Å²) in [6.45, 7) is 11.1. The van der Waals surface area contributed by atoms with Gasteiger partial charge in [0.15, 0.2) is 5.58 Å². The average molecular weight is 334 g/mol. The summed E-state index contributed by atoms with van der Waals surface area (Å²) in [6, 6.07) is 8.96. The van der Waals surface area contributed by atoms with Crippen molar-refractivity contribution < 1.29 is 4.42 Å². The number of rotatable bonds is 3. The maximum absolute atomic E-state index is 6.24. The number of anilines is 1. The summed E-state index contributed by atoms with van der Waals surface area (Å²) < 4.78 is 6.24. The van der Waals surface area contributed by atoms with Gasteiger partial charge in [-0.1, -0.05) is 32.1 Å². The Morgan fingerprint density at radius 3 is 2.64 bits per heavy atom. The Balaban J connectivity index is 1.86. The molecule has 0 spiro atoms. The normalized spacial score (nSPS) is 20.5. The molecule has 2 atom stereocenters. The molecule has 0 saturated heterocycles. The molecule has 1 aromatic carbocycles. The van der Waals surface area contributed by atoms with E-state index in [2.05, 4.69) is 68.1 Å². The smallest absolute Gasteiger partial charge is 0.227 e. The number of aryl methyl sites for hydroxylation is 2. The molecular formula is C22H26N2O. The zero-order valence-electron chi connectivity index (χ0n) is 15.7. The molecule has 3 nitrogen and oxygen atoms in total. The molecule has 130 valence electrons. The van der Waals surface area contributed by atoms with Gasteiger partial charge in [-0.3, -0.25) is 0 Å². The van der Waals surface area contributed by atoms with Gasteiger partial charge < -0.3 is 9.32 Å². The third kappa shape index (κ3) is 2.62. The van der Waals surface area contributed by atoms with Crippen molar-refractivity contribution in [3.8, 4) is 0 Å². The number of nitrogens with zero attached hydrogens (tertiary/aromatic N) is 2. The molecule has 25 heavy (non-hydrogen) atoms. The lowest BCUT2D eigenvalue weighted by atomic mass is 9.92. The van der Waals surface area contributed by atoms with Crippen molar-refractivity contribution >= 4 is 27.8 Å². The van der Waals surface area contributed by atoms with Crippen LogP contribution in [0.15, 0.2) is 41.0 Å². The molecule has 0 bridgehead atoms. The highest BCUT2D eigenvalue weighted by molar-refractivity contribution is 6.08. The van der Waals surface area contributed by atoms with Crippen molar-refractivity contribution in [3.63, 3.8) is 0 Å². The molecule has 0 radical (unpaired) electrons. The largest absolute Gasteiger partial charge is 0.435 e. The van der Waals surface area contributed by atoms with Crippen molar-refractivity contribution in [2.24, 2.45) is 11.8 Å². The second-order valence-electron chi connectivity index (χ2n) is 7.80. The molecule has 1 aliphatic heterocycles. The summed E-state index contributed by atoms with van der Waals surface area (Å²) in [4.78, 5) is 6.97. The SMILES string of the molecule is Cc1ccc2c(n1)oc1c(N3C=CC(CC(C)C)[C@@H]3C)c(C)ccc12. The number of furan rings is 1. The van der Waals surface area contributed by atoms with Gasteiger partial charge in [0.1, 0.15) is 0 Å². The van der Waals surface area contributed by atoms with Gasteiger partial charge in [0.05, 0.1) is 5.69 Å². The van der Waals surface area contributed by atoms with E-state index in [0.29, 0.717) is 17.9 Å². The van der Waals surface area contributed by atoms with Crippen LogP contribution in [0.3, 0.4) is 0 Å². The van der Waals surface area contributed by atoms with Gasteiger partial charge in [-0.25, -0.2) is 4.98 Å². The lowest BCUT2D eigenvalue weighted by Gasteiger charge is -2.28. The van der Waals surface area contributed by atoms with Crippen LogP contribution in [0.5, 0.6) is 0 Å². The van der Waals surface area contributed by atoms with Crippen LogP contribution in [-0.2, 0) is 0 Å². The zero-order chi connectivity index (χ0) is 17.7. The Morgan fingerprint density at radius 1 is 1.12 bits per heavy atom. The molecule has 2 aromatic heterocycles. The number of benzene rings is 1. The van der Waals surface area contributed by atoms with Gasteiger partial charge >= 0.3 is 0 Å². The summed E-state index contributed by atoms with van der Waals surface area (Å²) in [7, 11) is 0. The maximum atomic E-state index is 6.24. The van der Waals surface area contributed by atoms with Crippen LogP contribution in [0, 0.1) is 25.7 Å². The Morgan fingerprint density at radius 2 is 1.88 bits per heavy atom. The Bertz CT molecular complexity index is 967. The second-order valence-corrected chi connectivity index (χ2v) is 7.80. The fourth-order valence-electron chi connectivity index (χ4n) is 4.02. The van der Waals surface area contributed by atoms with E-state index in [1.165, 1.54) is 17.7 Å². The first-order valence-corrected chi connectivity index (χ1v) is 9.22. The van der Waals surface area contributed by atoms with Crippen LogP contribution in [-0.4, -0.2) is 11.0 Å². The van der Waals surface area contributed by atoms with Gasteiger partial charge in [-0.2, -0.15) is 0 Å². The number of hydrogen-bond acceptors (Lipinski definition) is 3. The highest BCUT2D eigenvalue weighted by Gasteiger charge is 2.29. The first kappa shape index (κ1) is 16.2. The predicted molar refractivity (Wildman–Crippen MR) is 105 cm³/mol. The van der Waals surface area contributed by atoms with Crippen LogP contribution in [0.25, 0.3) is 22.1 Å². The molecule has 3 aromatic rings. The molecule has 0 saturated carbocycles. The van der Waals surface area contributed by atoms with Crippen molar-refractivity contribution in [2.45, 2.75) is 47.1 Å². The highest BCUT2D eigenvalue weighted by Crippen LogP contribution is 2.41. The molecule has 1 aliphatic rings.